The third-order valence-corrected chi connectivity index (χ3v) is 4.18. The maximum atomic E-state index is 11.1. The topological polar surface area (TPSA) is 40.5 Å². The first-order chi connectivity index (χ1) is 10.9. The molecule has 3 rings (SSSR count). The summed E-state index contributed by atoms with van der Waals surface area (Å²) in [7, 11) is 0. The second kappa shape index (κ2) is 7.56. The molecule has 1 unspecified atom stereocenters. The molecule has 0 radical (unpaired) electrons. The summed E-state index contributed by atoms with van der Waals surface area (Å²) in [6.45, 7) is 2.47. The number of unbranched alkanes of at least 4 members (excludes halogenated alkanes) is 1. The van der Waals surface area contributed by atoms with E-state index in [0.29, 0.717) is 0 Å². The lowest BCUT2D eigenvalue weighted by molar-refractivity contribution is -0.162. The number of aromatic nitrogens is 1. The first-order valence-electron chi connectivity index (χ1n) is 8.15. The Morgan fingerprint density at radius 2 is 2.18 bits per heavy atom. The molecule has 0 spiro atoms. The minimum Gasteiger partial charge on any atom is -0.353 e. The average molecular weight is 301 g/mol. The van der Waals surface area contributed by atoms with Gasteiger partial charge in [0, 0.05) is 42.4 Å². The summed E-state index contributed by atoms with van der Waals surface area (Å²) < 4.78 is 13.5. The Kier molecular flexibility index (Phi) is 5.24. The lowest BCUT2D eigenvalue weighted by Gasteiger charge is -2.22. The third kappa shape index (κ3) is 3.57. The Morgan fingerprint density at radius 1 is 1.27 bits per heavy atom. The van der Waals surface area contributed by atoms with Gasteiger partial charge >= 0.3 is 0 Å². The summed E-state index contributed by atoms with van der Waals surface area (Å²) in [5.41, 5.74) is 1.89. The highest BCUT2D eigenvalue weighted by molar-refractivity contribution is 5.97. The van der Waals surface area contributed by atoms with Crippen LogP contribution in [0.3, 0.4) is 0 Å². The number of rotatable bonds is 7. The fourth-order valence-corrected chi connectivity index (χ4v) is 3.00. The molecular formula is C18H23NO3. The zero-order valence-electron chi connectivity index (χ0n) is 12.9. The molecule has 2 aromatic rings. The van der Waals surface area contributed by atoms with Crippen molar-refractivity contribution >= 4 is 17.2 Å². The van der Waals surface area contributed by atoms with Crippen LogP contribution in [0.15, 0.2) is 30.5 Å². The Balaban J connectivity index is 1.48. The molecule has 1 aliphatic heterocycles. The minimum atomic E-state index is 0.00262. The molecule has 4 heteroatoms. The Hall–Kier alpha value is -1.65. The molecule has 1 aliphatic rings. The molecule has 0 saturated carbocycles. The summed E-state index contributed by atoms with van der Waals surface area (Å²) in [5.74, 6) is 0. The number of ether oxygens (including phenoxy) is 2. The van der Waals surface area contributed by atoms with Crippen molar-refractivity contribution in [3.05, 3.63) is 36.0 Å². The number of benzene rings is 1. The van der Waals surface area contributed by atoms with Gasteiger partial charge in [-0.3, -0.25) is 4.79 Å². The highest BCUT2D eigenvalue weighted by Gasteiger charge is 2.13. The molecule has 1 atom stereocenters. The highest BCUT2D eigenvalue weighted by atomic mass is 16.7. The van der Waals surface area contributed by atoms with Gasteiger partial charge < -0.3 is 14.0 Å². The Morgan fingerprint density at radius 3 is 3.00 bits per heavy atom. The summed E-state index contributed by atoms with van der Waals surface area (Å²) in [6, 6.07) is 8.04. The number of carbonyl (C=O) groups excluding carboxylic acids is 1. The van der Waals surface area contributed by atoms with Crippen LogP contribution in [0.5, 0.6) is 0 Å². The molecule has 0 aliphatic carbocycles. The Bertz CT molecular complexity index is 614. The van der Waals surface area contributed by atoms with Crippen LogP contribution in [0.2, 0.25) is 0 Å². The second-order valence-corrected chi connectivity index (χ2v) is 5.79. The van der Waals surface area contributed by atoms with Crippen molar-refractivity contribution in [2.75, 3.05) is 13.2 Å². The van der Waals surface area contributed by atoms with Crippen LogP contribution in [0.4, 0.5) is 0 Å². The number of carbonyl (C=O) groups is 1. The van der Waals surface area contributed by atoms with Crippen LogP contribution in [0.25, 0.3) is 10.9 Å². The molecule has 0 bridgehead atoms. The summed E-state index contributed by atoms with van der Waals surface area (Å²) >= 11 is 0. The van der Waals surface area contributed by atoms with Crippen molar-refractivity contribution in [3.63, 3.8) is 0 Å². The van der Waals surface area contributed by atoms with E-state index in [9.17, 15) is 4.79 Å². The van der Waals surface area contributed by atoms with E-state index in [1.54, 1.807) is 0 Å². The van der Waals surface area contributed by atoms with Crippen LogP contribution >= 0.6 is 0 Å². The van der Waals surface area contributed by atoms with E-state index in [1.807, 2.05) is 24.4 Å². The van der Waals surface area contributed by atoms with Gasteiger partial charge in [0.2, 0.25) is 0 Å². The van der Waals surface area contributed by atoms with E-state index >= 15 is 0 Å². The SMILES string of the molecule is O=Cc1cn(CCCCOC2CCCCO2)c2ccccc12. The van der Waals surface area contributed by atoms with Gasteiger partial charge in [-0.2, -0.15) is 0 Å². The molecule has 1 fully saturated rings. The van der Waals surface area contributed by atoms with Crippen molar-refractivity contribution in [3.8, 4) is 0 Å². The van der Waals surface area contributed by atoms with Gasteiger partial charge in [-0.05, 0) is 38.2 Å². The predicted molar refractivity (Wildman–Crippen MR) is 86.1 cm³/mol. The largest absolute Gasteiger partial charge is 0.353 e. The maximum absolute atomic E-state index is 11.1. The van der Waals surface area contributed by atoms with Crippen molar-refractivity contribution in [1.82, 2.24) is 4.57 Å². The number of aryl methyl sites for hydroxylation is 1. The number of fused-ring (bicyclic) bond motifs is 1. The molecule has 22 heavy (non-hydrogen) atoms. The van der Waals surface area contributed by atoms with E-state index < -0.39 is 0 Å². The number of para-hydroxylation sites is 1. The predicted octanol–water partition coefficient (Wildman–Crippen LogP) is 3.78. The van der Waals surface area contributed by atoms with E-state index in [-0.39, 0.29) is 6.29 Å². The van der Waals surface area contributed by atoms with Gasteiger partial charge in [-0.1, -0.05) is 18.2 Å². The fourth-order valence-electron chi connectivity index (χ4n) is 3.00. The highest BCUT2D eigenvalue weighted by Crippen LogP contribution is 2.20. The molecule has 1 aromatic carbocycles. The van der Waals surface area contributed by atoms with Crippen LogP contribution in [-0.4, -0.2) is 30.4 Å². The lowest BCUT2D eigenvalue weighted by Crippen LogP contribution is -2.22. The minimum absolute atomic E-state index is 0.00262. The standard InChI is InChI=1S/C18H23NO3/c20-14-15-13-19(17-8-2-1-7-16(15)17)10-4-6-12-22-18-9-3-5-11-21-18/h1-2,7-8,13-14,18H,3-6,9-12H2. The van der Waals surface area contributed by atoms with Crippen molar-refractivity contribution in [1.29, 1.82) is 0 Å². The molecule has 4 nitrogen and oxygen atoms in total. The van der Waals surface area contributed by atoms with Crippen molar-refractivity contribution < 1.29 is 14.3 Å². The monoisotopic (exact) mass is 301 g/mol. The van der Waals surface area contributed by atoms with Gasteiger partial charge in [0.15, 0.2) is 12.6 Å². The Labute approximate surface area is 131 Å². The van der Waals surface area contributed by atoms with Crippen molar-refractivity contribution in [2.45, 2.75) is 44.9 Å². The van der Waals surface area contributed by atoms with Crippen LogP contribution in [0.1, 0.15) is 42.5 Å². The van der Waals surface area contributed by atoms with E-state index in [2.05, 4.69) is 10.6 Å². The smallest absolute Gasteiger partial charge is 0.157 e. The maximum Gasteiger partial charge on any atom is 0.157 e. The molecular weight excluding hydrogens is 278 g/mol. The van der Waals surface area contributed by atoms with Gasteiger partial charge in [0.1, 0.15) is 0 Å². The van der Waals surface area contributed by atoms with Crippen LogP contribution < -0.4 is 0 Å². The number of aldehydes is 1. The van der Waals surface area contributed by atoms with Gasteiger partial charge in [0.25, 0.3) is 0 Å². The first-order valence-corrected chi connectivity index (χ1v) is 8.15. The first kappa shape index (κ1) is 15.3. The summed E-state index contributed by atoms with van der Waals surface area (Å²) in [6.07, 6.45) is 8.29. The van der Waals surface area contributed by atoms with Crippen LogP contribution in [-0.2, 0) is 16.0 Å². The average Bonchev–Trinajstić information content (AvgIpc) is 2.94. The number of hydrogen-bond acceptors (Lipinski definition) is 3. The zero-order chi connectivity index (χ0) is 15.2. The van der Waals surface area contributed by atoms with Gasteiger partial charge in [0.05, 0.1) is 0 Å². The van der Waals surface area contributed by atoms with E-state index in [1.165, 1.54) is 6.42 Å². The lowest BCUT2D eigenvalue weighted by atomic mass is 10.2. The van der Waals surface area contributed by atoms with Gasteiger partial charge in [-0.25, -0.2) is 0 Å². The number of hydrogen-bond donors (Lipinski definition) is 0. The number of nitrogens with zero attached hydrogens (tertiary/aromatic N) is 1. The quantitative estimate of drug-likeness (QED) is 0.577. The van der Waals surface area contributed by atoms with E-state index in [0.717, 1.165) is 68.2 Å². The molecule has 118 valence electrons. The molecule has 1 aromatic heterocycles. The second-order valence-electron chi connectivity index (χ2n) is 5.79. The van der Waals surface area contributed by atoms with Crippen LogP contribution in [0, 0.1) is 0 Å². The molecule has 2 heterocycles. The van der Waals surface area contributed by atoms with Crippen molar-refractivity contribution in [2.24, 2.45) is 0 Å². The van der Waals surface area contributed by atoms with Gasteiger partial charge in [-0.15, -0.1) is 0 Å². The summed E-state index contributed by atoms with van der Waals surface area (Å²) in [4.78, 5) is 11.1. The molecule has 0 N–H and O–H groups in total. The normalized spacial score (nSPS) is 18.6. The third-order valence-electron chi connectivity index (χ3n) is 4.18. The zero-order valence-corrected chi connectivity index (χ0v) is 12.9. The van der Waals surface area contributed by atoms with E-state index in [4.69, 9.17) is 9.47 Å². The summed E-state index contributed by atoms with van der Waals surface area (Å²) in [5, 5.41) is 1.03. The molecule has 0 amide bonds. The fraction of sp³-hybridized carbons (Fsp3) is 0.500. The molecule has 1 saturated heterocycles.